The summed E-state index contributed by atoms with van der Waals surface area (Å²) in [6, 6.07) is 11.1. The Balaban J connectivity index is 1.69. The maximum atomic E-state index is 12.8. The van der Waals surface area contributed by atoms with Gasteiger partial charge in [0.05, 0.1) is 17.5 Å². The highest BCUT2D eigenvalue weighted by Gasteiger charge is 2.10. The zero-order valence-electron chi connectivity index (χ0n) is 12.4. The average molecular weight is 410 g/mol. The van der Waals surface area contributed by atoms with Gasteiger partial charge in [-0.3, -0.25) is 4.79 Å². The molecule has 2 N–H and O–H groups in total. The van der Waals surface area contributed by atoms with E-state index in [9.17, 15) is 9.18 Å². The second-order valence-corrected chi connectivity index (χ2v) is 6.86. The van der Waals surface area contributed by atoms with E-state index >= 15 is 0 Å². The molecule has 124 valence electrons. The number of ether oxygens (including phenoxy) is 1. The first kappa shape index (κ1) is 16.8. The van der Waals surface area contributed by atoms with E-state index in [0.717, 1.165) is 9.15 Å². The molecule has 0 saturated carbocycles. The molecular formula is C16H13BrFN3O2S. The Kier molecular flexibility index (Phi) is 5.06. The summed E-state index contributed by atoms with van der Waals surface area (Å²) in [5.74, 6) is 6.65. The van der Waals surface area contributed by atoms with Gasteiger partial charge in [-0.15, -0.1) is 0 Å². The van der Waals surface area contributed by atoms with Crippen molar-refractivity contribution in [1.82, 2.24) is 9.66 Å². The Bertz CT molecular complexity index is 931. The lowest BCUT2D eigenvalue weighted by atomic mass is 10.2. The number of rotatable bonds is 5. The van der Waals surface area contributed by atoms with Gasteiger partial charge in [0.1, 0.15) is 11.6 Å². The van der Waals surface area contributed by atoms with E-state index in [1.54, 1.807) is 24.3 Å². The lowest BCUT2D eigenvalue weighted by Crippen LogP contribution is -2.30. The van der Waals surface area contributed by atoms with Crippen LogP contribution in [-0.4, -0.2) is 22.0 Å². The molecule has 0 aliphatic carbocycles. The third-order valence-electron chi connectivity index (χ3n) is 3.23. The topological polar surface area (TPSA) is 70.1 Å². The minimum absolute atomic E-state index is 0.303. The van der Waals surface area contributed by atoms with Crippen LogP contribution in [0, 0.1) is 5.82 Å². The van der Waals surface area contributed by atoms with Crippen molar-refractivity contribution in [2.24, 2.45) is 0 Å². The summed E-state index contributed by atoms with van der Waals surface area (Å²) in [6.45, 7) is 0.380. The van der Waals surface area contributed by atoms with Crippen LogP contribution in [0.15, 0.2) is 56.9 Å². The van der Waals surface area contributed by atoms with E-state index in [0.29, 0.717) is 34.2 Å². The fraction of sp³-hybridized carbons (Fsp3) is 0.125. The second kappa shape index (κ2) is 7.23. The Labute approximate surface area is 149 Å². The van der Waals surface area contributed by atoms with Crippen LogP contribution in [-0.2, 0) is 0 Å². The number of aromatic nitrogens is 2. The zero-order chi connectivity index (χ0) is 17.1. The van der Waals surface area contributed by atoms with Gasteiger partial charge in [0.25, 0.3) is 5.56 Å². The van der Waals surface area contributed by atoms with Gasteiger partial charge in [0, 0.05) is 10.2 Å². The first-order valence-electron chi connectivity index (χ1n) is 7.03. The normalized spacial score (nSPS) is 10.9. The number of nitrogens with zero attached hydrogens (tertiary/aromatic N) is 2. The highest BCUT2D eigenvalue weighted by molar-refractivity contribution is 9.10. The maximum Gasteiger partial charge on any atom is 0.280 e. The molecule has 0 aliphatic heterocycles. The number of thioether (sulfide) groups is 1. The standard InChI is InChI=1S/C16H13BrFN3O2S/c17-10-1-6-14-13(9-10)15(22)21(19)16(20-14)24-8-7-23-12-4-2-11(18)3-5-12/h1-6,9H,7-8,19H2. The van der Waals surface area contributed by atoms with Crippen molar-refractivity contribution in [1.29, 1.82) is 0 Å². The summed E-state index contributed by atoms with van der Waals surface area (Å²) in [5.41, 5.74) is 0.287. The number of benzene rings is 2. The van der Waals surface area contributed by atoms with Crippen molar-refractivity contribution < 1.29 is 9.13 Å². The van der Waals surface area contributed by atoms with E-state index in [4.69, 9.17) is 10.6 Å². The lowest BCUT2D eigenvalue weighted by molar-refractivity contribution is 0.343. The van der Waals surface area contributed by atoms with Crippen LogP contribution in [0.1, 0.15) is 0 Å². The van der Waals surface area contributed by atoms with Crippen LogP contribution >= 0.6 is 27.7 Å². The molecule has 1 heterocycles. The first-order chi connectivity index (χ1) is 11.5. The number of nitrogen functional groups attached to an aromatic ring is 1. The van der Waals surface area contributed by atoms with E-state index in [1.807, 2.05) is 6.07 Å². The Morgan fingerprint density at radius 1 is 1.25 bits per heavy atom. The van der Waals surface area contributed by atoms with E-state index in [2.05, 4.69) is 20.9 Å². The Morgan fingerprint density at radius 3 is 2.75 bits per heavy atom. The molecule has 1 aromatic heterocycles. The summed E-state index contributed by atoms with van der Waals surface area (Å²) < 4.78 is 20.2. The quantitative estimate of drug-likeness (QED) is 0.303. The molecule has 5 nitrogen and oxygen atoms in total. The smallest absolute Gasteiger partial charge is 0.280 e. The van der Waals surface area contributed by atoms with Gasteiger partial charge in [0.15, 0.2) is 5.16 Å². The largest absolute Gasteiger partial charge is 0.493 e. The molecule has 0 bridgehead atoms. The summed E-state index contributed by atoms with van der Waals surface area (Å²) in [6.07, 6.45) is 0. The number of nitrogens with two attached hydrogens (primary N) is 1. The molecule has 0 fully saturated rings. The van der Waals surface area contributed by atoms with Crippen LogP contribution in [0.3, 0.4) is 0 Å². The molecule has 0 radical (unpaired) electrons. The van der Waals surface area contributed by atoms with Crippen LogP contribution in [0.5, 0.6) is 5.75 Å². The third-order valence-corrected chi connectivity index (χ3v) is 4.64. The average Bonchev–Trinajstić information content (AvgIpc) is 2.58. The monoisotopic (exact) mass is 409 g/mol. The minimum atomic E-state index is -0.309. The Hall–Kier alpha value is -2.06. The van der Waals surface area contributed by atoms with Gasteiger partial charge in [-0.2, -0.15) is 0 Å². The molecule has 0 aliphatic rings. The minimum Gasteiger partial charge on any atom is -0.493 e. The molecule has 24 heavy (non-hydrogen) atoms. The van der Waals surface area contributed by atoms with Crippen LogP contribution < -0.4 is 16.1 Å². The maximum absolute atomic E-state index is 12.8. The predicted molar refractivity (Wildman–Crippen MR) is 96.5 cm³/mol. The van der Waals surface area contributed by atoms with Crippen molar-refractivity contribution in [2.45, 2.75) is 5.16 Å². The van der Waals surface area contributed by atoms with Crippen molar-refractivity contribution >= 4 is 38.6 Å². The van der Waals surface area contributed by atoms with Gasteiger partial charge < -0.3 is 10.6 Å². The summed E-state index contributed by atoms with van der Waals surface area (Å²) in [7, 11) is 0. The molecule has 2 aromatic carbocycles. The van der Waals surface area contributed by atoms with E-state index < -0.39 is 0 Å². The van der Waals surface area contributed by atoms with Crippen molar-refractivity contribution in [3.8, 4) is 5.75 Å². The molecule has 3 aromatic rings. The molecule has 0 amide bonds. The fourth-order valence-electron chi connectivity index (χ4n) is 2.08. The van der Waals surface area contributed by atoms with E-state index in [1.165, 1.54) is 23.9 Å². The lowest BCUT2D eigenvalue weighted by Gasteiger charge is -2.09. The number of halogens is 2. The summed E-state index contributed by atoms with van der Waals surface area (Å²) in [5, 5.41) is 0.872. The zero-order valence-corrected chi connectivity index (χ0v) is 14.8. The van der Waals surface area contributed by atoms with Crippen LogP contribution in [0.25, 0.3) is 10.9 Å². The van der Waals surface area contributed by atoms with Gasteiger partial charge >= 0.3 is 0 Å². The van der Waals surface area contributed by atoms with Crippen LogP contribution in [0.2, 0.25) is 0 Å². The second-order valence-electron chi connectivity index (χ2n) is 4.88. The molecular weight excluding hydrogens is 397 g/mol. The van der Waals surface area contributed by atoms with Gasteiger partial charge in [-0.1, -0.05) is 27.7 Å². The highest BCUT2D eigenvalue weighted by atomic mass is 79.9. The number of fused-ring (bicyclic) bond motifs is 1. The van der Waals surface area contributed by atoms with Crippen LogP contribution in [0.4, 0.5) is 4.39 Å². The summed E-state index contributed by atoms with van der Waals surface area (Å²) in [4.78, 5) is 16.7. The molecule has 0 atom stereocenters. The van der Waals surface area contributed by atoms with Crippen molar-refractivity contribution in [2.75, 3.05) is 18.2 Å². The summed E-state index contributed by atoms with van der Waals surface area (Å²) >= 11 is 4.64. The fourth-order valence-corrected chi connectivity index (χ4v) is 3.17. The molecule has 0 spiro atoms. The third kappa shape index (κ3) is 3.70. The first-order valence-corrected chi connectivity index (χ1v) is 8.81. The Morgan fingerprint density at radius 2 is 2.00 bits per heavy atom. The molecule has 3 rings (SSSR count). The number of hydrogen-bond acceptors (Lipinski definition) is 5. The van der Waals surface area contributed by atoms with Crippen molar-refractivity contribution in [3.63, 3.8) is 0 Å². The number of hydrogen-bond donors (Lipinski definition) is 1. The van der Waals surface area contributed by atoms with Gasteiger partial charge in [-0.05, 0) is 42.5 Å². The van der Waals surface area contributed by atoms with Crippen molar-refractivity contribution in [3.05, 3.63) is 63.1 Å². The SMILES string of the molecule is Nn1c(SCCOc2ccc(F)cc2)nc2ccc(Br)cc2c1=O. The molecule has 0 unspecified atom stereocenters. The van der Waals surface area contributed by atoms with E-state index in [-0.39, 0.29) is 11.4 Å². The molecule has 0 saturated heterocycles. The van der Waals surface area contributed by atoms with Gasteiger partial charge in [-0.25, -0.2) is 14.1 Å². The molecule has 8 heteroatoms. The van der Waals surface area contributed by atoms with Gasteiger partial charge in [0.2, 0.25) is 0 Å². The highest BCUT2D eigenvalue weighted by Crippen LogP contribution is 2.19. The predicted octanol–water partition coefficient (Wildman–Crippen LogP) is 3.18.